The molecular weight excluding hydrogens is 334 g/mol. The lowest BCUT2D eigenvalue weighted by molar-refractivity contribution is -0.147. The number of benzene rings is 1. The average Bonchev–Trinajstić information content (AvgIpc) is 2.37. The molecule has 0 spiro atoms. The Hall–Kier alpha value is -1.21. The van der Waals surface area contributed by atoms with E-state index in [1.807, 2.05) is 12.1 Å². The van der Waals surface area contributed by atoms with Gasteiger partial charge in [-0.15, -0.1) is 0 Å². The minimum atomic E-state index is -1.14. The molecule has 0 fully saturated rings. The molecule has 1 aromatic carbocycles. The Kier molecular flexibility index (Phi) is 6.72. The molecule has 0 radical (unpaired) electrons. The molecule has 104 valence electrons. The largest absolute Gasteiger partial charge is 0.456 e. The van der Waals surface area contributed by atoms with Crippen molar-refractivity contribution >= 4 is 38.6 Å². The number of hydrogen-bond acceptors (Lipinski definition) is 4. The average molecular weight is 348 g/mol. The second kappa shape index (κ2) is 8.06. The summed E-state index contributed by atoms with van der Waals surface area (Å²) in [5.74, 6) is -0.828. The van der Waals surface area contributed by atoms with E-state index in [2.05, 4.69) is 20.7 Å². The molecule has 0 unspecified atom stereocenters. The minimum Gasteiger partial charge on any atom is -0.456 e. The van der Waals surface area contributed by atoms with Crippen LogP contribution in [0.15, 0.2) is 33.6 Å². The second-order valence-electron chi connectivity index (χ2n) is 3.73. The third kappa shape index (κ3) is 6.49. The van der Waals surface area contributed by atoms with Crippen molar-refractivity contribution in [3.8, 4) is 0 Å². The van der Waals surface area contributed by atoms with E-state index < -0.39 is 29.3 Å². The SMILES string of the molecule is NC(=O)COC(=O)CCC[S@@](=O)c1ccc(Br)cc1. The van der Waals surface area contributed by atoms with E-state index in [4.69, 9.17) is 5.73 Å². The van der Waals surface area contributed by atoms with Crippen LogP contribution in [0.2, 0.25) is 0 Å². The van der Waals surface area contributed by atoms with Gasteiger partial charge in [0.25, 0.3) is 5.91 Å². The highest BCUT2D eigenvalue weighted by atomic mass is 79.9. The van der Waals surface area contributed by atoms with Gasteiger partial charge in [0.2, 0.25) is 0 Å². The molecule has 1 amide bonds. The summed E-state index contributed by atoms with van der Waals surface area (Å²) in [7, 11) is -1.14. The zero-order valence-electron chi connectivity index (χ0n) is 10.1. The molecule has 2 N–H and O–H groups in total. The van der Waals surface area contributed by atoms with E-state index in [0.717, 1.165) is 4.47 Å². The third-order valence-corrected chi connectivity index (χ3v) is 4.15. The molecule has 1 aromatic rings. The van der Waals surface area contributed by atoms with Gasteiger partial charge in [0.15, 0.2) is 6.61 Å². The molecule has 7 heteroatoms. The first-order chi connectivity index (χ1) is 8.99. The predicted octanol–water partition coefficient (Wildman–Crippen LogP) is 1.37. The predicted molar refractivity (Wildman–Crippen MR) is 74.8 cm³/mol. The number of rotatable bonds is 7. The molecule has 5 nitrogen and oxygen atoms in total. The zero-order chi connectivity index (χ0) is 14.3. The van der Waals surface area contributed by atoms with Crippen molar-refractivity contribution < 1.29 is 18.5 Å². The van der Waals surface area contributed by atoms with E-state index in [9.17, 15) is 13.8 Å². The third-order valence-electron chi connectivity index (χ3n) is 2.16. The van der Waals surface area contributed by atoms with Crippen molar-refractivity contribution in [3.05, 3.63) is 28.7 Å². The van der Waals surface area contributed by atoms with Crippen LogP contribution in [0.1, 0.15) is 12.8 Å². The van der Waals surface area contributed by atoms with Gasteiger partial charge in [-0.3, -0.25) is 13.8 Å². The van der Waals surface area contributed by atoms with Gasteiger partial charge < -0.3 is 10.5 Å². The molecule has 0 saturated heterocycles. The molecule has 0 heterocycles. The Morgan fingerprint density at radius 2 is 1.89 bits per heavy atom. The first kappa shape index (κ1) is 15.8. The van der Waals surface area contributed by atoms with Crippen LogP contribution in [-0.4, -0.2) is 28.4 Å². The topological polar surface area (TPSA) is 86.5 Å². The number of nitrogens with two attached hydrogens (primary N) is 1. The smallest absolute Gasteiger partial charge is 0.306 e. The van der Waals surface area contributed by atoms with Crippen molar-refractivity contribution in [2.75, 3.05) is 12.4 Å². The van der Waals surface area contributed by atoms with Crippen LogP contribution in [0.5, 0.6) is 0 Å². The van der Waals surface area contributed by atoms with Crippen molar-refractivity contribution in [2.45, 2.75) is 17.7 Å². The summed E-state index contributed by atoms with van der Waals surface area (Å²) in [6.45, 7) is -0.408. The molecule has 0 bridgehead atoms. The Morgan fingerprint density at radius 1 is 1.26 bits per heavy atom. The standard InChI is InChI=1S/C12H14BrNO4S/c13-9-3-5-10(6-4-9)19(17)7-1-2-12(16)18-8-11(14)15/h3-6H,1-2,7-8H2,(H2,14,15)/t19-/m1/s1. The summed E-state index contributed by atoms with van der Waals surface area (Å²) in [5, 5.41) is 0. The first-order valence-electron chi connectivity index (χ1n) is 5.57. The molecular formula is C12H14BrNO4S. The zero-order valence-corrected chi connectivity index (χ0v) is 12.5. The highest BCUT2D eigenvalue weighted by molar-refractivity contribution is 9.10. The lowest BCUT2D eigenvalue weighted by Gasteiger charge is -2.03. The van der Waals surface area contributed by atoms with Gasteiger partial charge in [0.05, 0.1) is 10.8 Å². The van der Waals surface area contributed by atoms with E-state index in [1.54, 1.807) is 12.1 Å². The molecule has 0 aromatic heterocycles. The van der Waals surface area contributed by atoms with Gasteiger partial charge in [0.1, 0.15) is 0 Å². The Labute approximate surface area is 122 Å². The lowest BCUT2D eigenvalue weighted by Crippen LogP contribution is -2.21. The number of esters is 1. The minimum absolute atomic E-state index is 0.121. The normalized spacial score (nSPS) is 11.8. The van der Waals surface area contributed by atoms with Gasteiger partial charge in [-0.05, 0) is 30.7 Å². The summed E-state index contributed by atoms with van der Waals surface area (Å²) in [6.07, 6.45) is 0.551. The maximum absolute atomic E-state index is 11.9. The number of ether oxygens (including phenoxy) is 1. The van der Waals surface area contributed by atoms with Crippen LogP contribution in [-0.2, 0) is 25.1 Å². The summed E-state index contributed by atoms with van der Waals surface area (Å²) in [4.78, 5) is 22.3. The Bertz CT molecular complexity index is 475. The van der Waals surface area contributed by atoms with E-state index >= 15 is 0 Å². The fourth-order valence-corrected chi connectivity index (χ4v) is 2.62. The number of primary amides is 1. The van der Waals surface area contributed by atoms with Crippen molar-refractivity contribution in [1.29, 1.82) is 0 Å². The Morgan fingerprint density at radius 3 is 2.47 bits per heavy atom. The molecule has 0 aliphatic heterocycles. The monoisotopic (exact) mass is 347 g/mol. The Balaban J connectivity index is 2.29. The van der Waals surface area contributed by atoms with Gasteiger partial charge in [-0.1, -0.05) is 15.9 Å². The van der Waals surface area contributed by atoms with Gasteiger partial charge in [-0.2, -0.15) is 0 Å². The number of amides is 1. The van der Waals surface area contributed by atoms with Crippen LogP contribution in [0, 0.1) is 0 Å². The molecule has 0 aliphatic rings. The first-order valence-corrected chi connectivity index (χ1v) is 7.68. The maximum atomic E-state index is 11.9. The van der Waals surface area contributed by atoms with E-state index in [-0.39, 0.29) is 6.42 Å². The molecule has 0 saturated carbocycles. The summed E-state index contributed by atoms with van der Waals surface area (Å²) in [5.41, 5.74) is 4.84. The van der Waals surface area contributed by atoms with Crippen molar-refractivity contribution in [1.82, 2.24) is 0 Å². The van der Waals surface area contributed by atoms with Crippen molar-refractivity contribution in [2.24, 2.45) is 5.73 Å². The highest BCUT2D eigenvalue weighted by Crippen LogP contribution is 2.14. The summed E-state index contributed by atoms with van der Waals surface area (Å²) >= 11 is 3.30. The second-order valence-corrected chi connectivity index (χ2v) is 6.22. The van der Waals surface area contributed by atoms with Crippen LogP contribution < -0.4 is 5.73 Å². The molecule has 0 aliphatic carbocycles. The molecule has 19 heavy (non-hydrogen) atoms. The van der Waals surface area contributed by atoms with Crippen molar-refractivity contribution in [3.63, 3.8) is 0 Å². The van der Waals surface area contributed by atoms with Gasteiger partial charge in [0, 0.05) is 21.5 Å². The molecule has 1 atom stereocenters. The quantitative estimate of drug-likeness (QED) is 0.754. The fourth-order valence-electron chi connectivity index (χ4n) is 1.28. The highest BCUT2D eigenvalue weighted by Gasteiger charge is 2.08. The fraction of sp³-hybridized carbons (Fsp3) is 0.333. The summed E-state index contributed by atoms with van der Waals surface area (Å²) in [6, 6.07) is 7.17. The van der Waals surface area contributed by atoms with Gasteiger partial charge in [-0.25, -0.2) is 0 Å². The molecule has 1 rings (SSSR count). The number of carbonyl (C=O) groups is 2. The summed E-state index contributed by atoms with van der Waals surface area (Å²) < 4.78 is 17.4. The number of halogens is 1. The number of carbonyl (C=O) groups excluding carboxylic acids is 2. The maximum Gasteiger partial charge on any atom is 0.306 e. The van der Waals surface area contributed by atoms with Crippen LogP contribution in [0.3, 0.4) is 0 Å². The van der Waals surface area contributed by atoms with Gasteiger partial charge >= 0.3 is 5.97 Å². The van der Waals surface area contributed by atoms with E-state index in [0.29, 0.717) is 17.1 Å². The van der Waals surface area contributed by atoms with Crippen LogP contribution in [0.4, 0.5) is 0 Å². The lowest BCUT2D eigenvalue weighted by atomic mass is 10.3. The van der Waals surface area contributed by atoms with E-state index in [1.165, 1.54) is 0 Å². The van der Waals surface area contributed by atoms with Crippen LogP contribution >= 0.6 is 15.9 Å². The van der Waals surface area contributed by atoms with Crippen LogP contribution in [0.25, 0.3) is 0 Å². The number of hydrogen-bond donors (Lipinski definition) is 1.